The largest absolute Gasteiger partial charge is 0.434 e. The number of aryl methyl sites for hydroxylation is 1. The summed E-state index contributed by atoms with van der Waals surface area (Å²) in [5.41, 5.74) is -0.884. The summed E-state index contributed by atoms with van der Waals surface area (Å²) >= 11 is 0. The summed E-state index contributed by atoms with van der Waals surface area (Å²) in [6.07, 6.45) is 0.218. The Morgan fingerprint density at radius 3 is 2.52 bits per heavy atom. The third kappa shape index (κ3) is 3.27. The highest BCUT2D eigenvalue weighted by atomic mass is 19.4. The van der Waals surface area contributed by atoms with Gasteiger partial charge in [-0.25, -0.2) is 19.3 Å². The topological polar surface area (TPSA) is 46.8 Å². The Hall–Kier alpha value is -2.19. The second-order valence-corrected chi connectivity index (χ2v) is 5.58. The van der Waals surface area contributed by atoms with Crippen molar-refractivity contribution in [2.45, 2.75) is 24.9 Å². The molecular formula is C14H15F4N5. The average Bonchev–Trinajstić information content (AvgIpc) is 2.90. The Morgan fingerprint density at radius 2 is 1.91 bits per heavy atom. The minimum Gasteiger partial charge on any atom is -0.340 e. The molecule has 23 heavy (non-hydrogen) atoms. The van der Waals surface area contributed by atoms with E-state index in [1.54, 1.807) is 7.05 Å². The van der Waals surface area contributed by atoms with E-state index >= 15 is 0 Å². The highest BCUT2D eigenvalue weighted by Crippen LogP contribution is 2.32. The van der Waals surface area contributed by atoms with Crippen molar-refractivity contribution in [3.8, 4) is 0 Å². The van der Waals surface area contributed by atoms with Gasteiger partial charge >= 0.3 is 6.18 Å². The van der Waals surface area contributed by atoms with Crippen LogP contribution in [0.15, 0.2) is 18.6 Å². The molecule has 0 spiro atoms. The van der Waals surface area contributed by atoms with Gasteiger partial charge < -0.3 is 9.47 Å². The molecule has 3 rings (SSSR count). The number of hydrogen-bond acceptors (Lipinski definition) is 4. The van der Waals surface area contributed by atoms with Crippen LogP contribution in [0.25, 0.3) is 0 Å². The molecular weight excluding hydrogens is 314 g/mol. The van der Waals surface area contributed by atoms with E-state index in [1.807, 2.05) is 4.90 Å². The fraction of sp³-hybridized carbons (Fsp3) is 0.500. The molecule has 0 aromatic carbocycles. The van der Waals surface area contributed by atoms with Gasteiger partial charge in [0.2, 0.25) is 5.95 Å². The fourth-order valence-corrected chi connectivity index (χ4v) is 2.83. The molecule has 1 fully saturated rings. The molecule has 2 aromatic rings. The molecule has 1 aliphatic heterocycles. The molecule has 0 radical (unpaired) electrons. The minimum absolute atomic E-state index is 0.154. The van der Waals surface area contributed by atoms with Crippen molar-refractivity contribution in [2.75, 3.05) is 18.0 Å². The predicted octanol–water partition coefficient (Wildman–Crippen LogP) is 2.75. The van der Waals surface area contributed by atoms with E-state index in [4.69, 9.17) is 0 Å². The Labute approximate surface area is 130 Å². The molecule has 0 saturated carbocycles. The third-order valence-electron chi connectivity index (χ3n) is 3.88. The number of halogens is 4. The normalized spacial score (nSPS) is 19.2. The molecule has 3 heterocycles. The smallest absolute Gasteiger partial charge is 0.340 e. The van der Waals surface area contributed by atoms with Crippen LogP contribution in [0.2, 0.25) is 0 Å². The van der Waals surface area contributed by atoms with Gasteiger partial charge in [-0.05, 0) is 12.8 Å². The summed E-state index contributed by atoms with van der Waals surface area (Å²) < 4.78 is 52.7. The lowest BCUT2D eigenvalue weighted by Gasteiger charge is -2.32. The summed E-state index contributed by atoms with van der Waals surface area (Å²) in [6.45, 7) is 1.13. The van der Waals surface area contributed by atoms with Crippen LogP contribution in [-0.4, -0.2) is 32.6 Å². The molecule has 0 unspecified atom stereocenters. The van der Waals surface area contributed by atoms with Gasteiger partial charge in [-0.2, -0.15) is 13.2 Å². The Morgan fingerprint density at radius 1 is 1.22 bits per heavy atom. The van der Waals surface area contributed by atoms with Crippen molar-refractivity contribution in [1.29, 1.82) is 0 Å². The Balaban J connectivity index is 1.81. The lowest BCUT2D eigenvalue weighted by molar-refractivity contribution is -0.141. The van der Waals surface area contributed by atoms with E-state index < -0.39 is 17.7 Å². The molecule has 1 atom stereocenters. The fourth-order valence-electron chi connectivity index (χ4n) is 2.83. The van der Waals surface area contributed by atoms with Crippen molar-refractivity contribution in [1.82, 2.24) is 19.5 Å². The molecule has 9 heteroatoms. The average molecular weight is 329 g/mol. The first-order valence-electron chi connectivity index (χ1n) is 7.17. The van der Waals surface area contributed by atoms with Crippen molar-refractivity contribution >= 4 is 5.95 Å². The van der Waals surface area contributed by atoms with Gasteiger partial charge in [0.25, 0.3) is 0 Å². The van der Waals surface area contributed by atoms with Crippen molar-refractivity contribution in [2.24, 2.45) is 7.05 Å². The SMILES string of the molecule is Cn1cc(C(F)(F)F)nc1[C@H]1CCCN(c2ncc(F)cn2)C1. The number of imidazole rings is 1. The van der Waals surface area contributed by atoms with E-state index in [2.05, 4.69) is 15.0 Å². The van der Waals surface area contributed by atoms with Gasteiger partial charge in [0.1, 0.15) is 5.82 Å². The van der Waals surface area contributed by atoms with Crippen LogP contribution in [0, 0.1) is 5.82 Å². The maximum absolute atomic E-state index is 12.9. The molecule has 2 aromatic heterocycles. The van der Waals surface area contributed by atoms with E-state index in [-0.39, 0.29) is 5.92 Å². The maximum atomic E-state index is 12.9. The standard InChI is InChI=1S/C14H15F4N5/c1-22-8-11(14(16,17)18)21-12(22)9-3-2-4-23(7-9)13-19-5-10(15)6-20-13/h5-6,8-9H,2-4,7H2,1H3/t9-/m0/s1. The van der Waals surface area contributed by atoms with Crippen LogP contribution in [0.1, 0.15) is 30.3 Å². The zero-order valence-corrected chi connectivity index (χ0v) is 12.4. The van der Waals surface area contributed by atoms with Crippen LogP contribution in [-0.2, 0) is 13.2 Å². The number of anilines is 1. The summed E-state index contributed by atoms with van der Waals surface area (Å²) in [6, 6.07) is 0. The molecule has 0 bridgehead atoms. The summed E-state index contributed by atoms with van der Waals surface area (Å²) in [4.78, 5) is 13.5. The number of aromatic nitrogens is 4. The van der Waals surface area contributed by atoms with Crippen LogP contribution < -0.4 is 4.90 Å². The molecule has 124 valence electrons. The monoisotopic (exact) mass is 329 g/mol. The quantitative estimate of drug-likeness (QED) is 0.795. The lowest BCUT2D eigenvalue weighted by Crippen LogP contribution is -2.36. The number of hydrogen-bond donors (Lipinski definition) is 0. The van der Waals surface area contributed by atoms with Crippen molar-refractivity contribution in [3.63, 3.8) is 0 Å². The minimum atomic E-state index is -4.45. The second-order valence-electron chi connectivity index (χ2n) is 5.58. The number of piperidine rings is 1. The van der Waals surface area contributed by atoms with Crippen molar-refractivity contribution in [3.05, 3.63) is 35.9 Å². The van der Waals surface area contributed by atoms with Gasteiger partial charge in [0.15, 0.2) is 11.5 Å². The highest BCUT2D eigenvalue weighted by Gasteiger charge is 2.36. The maximum Gasteiger partial charge on any atom is 0.434 e. The van der Waals surface area contributed by atoms with E-state index in [0.29, 0.717) is 24.9 Å². The molecule has 1 saturated heterocycles. The van der Waals surface area contributed by atoms with Gasteiger partial charge in [-0.3, -0.25) is 0 Å². The second kappa shape index (κ2) is 5.78. The molecule has 0 aliphatic carbocycles. The van der Waals surface area contributed by atoms with Crippen LogP contribution in [0.4, 0.5) is 23.5 Å². The molecule has 0 N–H and O–H groups in total. The predicted molar refractivity (Wildman–Crippen MR) is 74.4 cm³/mol. The lowest BCUT2D eigenvalue weighted by atomic mass is 9.97. The first-order chi connectivity index (χ1) is 10.8. The summed E-state index contributed by atoms with van der Waals surface area (Å²) in [5, 5.41) is 0. The highest BCUT2D eigenvalue weighted by molar-refractivity contribution is 5.31. The molecule has 1 aliphatic rings. The molecule has 0 amide bonds. The van der Waals surface area contributed by atoms with E-state index in [9.17, 15) is 17.6 Å². The Kier molecular flexibility index (Phi) is 3.95. The van der Waals surface area contributed by atoms with E-state index in [0.717, 1.165) is 31.4 Å². The zero-order chi connectivity index (χ0) is 16.6. The van der Waals surface area contributed by atoms with Gasteiger partial charge in [-0.15, -0.1) is 0 Å². The third-order valence-corrected chi connectivity index (χ3v) is 3.88. The van der Waals surface area contributed by atoms with Gasteiger partial charge in [0, 0.05) is 32.3 Å². The van der Waals surface area contributed by atoms with Gasteiger partial charge in [-0.1, -0.05) is 0 Å². The summed E-state index contributed by atoms with van der Waals surface area (Å²) in [5.74, 6) is 0.0882. The van der Waals surface area contributed by atoms with Crippen LogP contribution in [0.3, 0.4) is 0 Å². The molecule has 5 nitrogen and oxygen atoms in total. The first-order valence-corrected chi connectivity index (χ1v) is 7.17. The zero-order valence-electron chi connectivity index (χ0n) is 12.4. The van der Waals surface area contributed by atoms with Gasteiger partial charge in [0.05, 0.1) is 12.4 Å². The van der Waals surface area contributed by atoms with E-state index in [1.165, 1.54) is 4.57 Å². The first kappa shape index (κ1) is 15.7. The Bertz CT molecular complexity index is 679. The van der Waals surface area contributed by atoms with Crippen LogP contribution >= 0.6 is 0 Å². The number of nitrogens with zero attached hydrogens (tertiary/aromatic N) is 5. The number of rotatable bonds is 2. The summed E-state index contributed by atoms with van der Waals surface area (Å²) in [7, 11) is 1.56. The van der Waals surface area contributed by atoms with Crippen molar-refractivity contribution < 1.29 is 17.6 Å². The number of alkyl halides is 3. The van der Waals surface area contributed by atoms with Crippen LogP contribution in [0.5, 0.6) is 0 Å².